The van der Waals surface area contributed by atoms with E-state index in [1.807, 2.05) is 45.0 Å². The third kappa shape index (κ3) is 6.66. The summed E-state index contributed by atoms with van der Waals surface area (Å²) in [5, 5.41) is 8.72. The number of ether oxygens (including phenoxy) is 1. The molecule has 0 saturated heterocycles. The van der Waals surface area contributed by atoms with Crippen molar-refractivity contribution in [3.05, 3.63) is 54.1 Å². The lowest BCUT2D eigenvalue weighted by Gasteiger charge is -2.15. The Bertz CT molecular complexity index is 775. The summed E-state index contributed by atoms with van der Waals surface area (Å²) >= 11 is 0. The van der Waals surface area contributed by atoms with E-state index in [0.29, 0.717) is 29.2 Å². The molecular weight excluding hydrogens is 342 g/mol. The minimum absolute atomic E-state index is 0.0165. The maximum absolute atomic E-state index is 12.3. The highest BCUT2D eigenvalue weighted by Gasteiger charge is 2.10. The molecule has 0 fully saturated rings. The molecule has 0 saturated carbocycles. The van der Waals surface area contributed by atoms with Crippen LogP contribution in [-0.4, -0.2) is 31.0 Å². The van der Waals surface area contributed by atoms with Crippen LogP contribution in [0.4, 0.5) is 11.4 Å². The van der Waals surface area contributed by atoms with Gasteiger partial charge < -0.3 is 20.7 Å². The standard InChI is InChI=1S/C21H27N3O3/c1-4-12-22-21(26)16-8-7-9-17(13-16)23-14-20(25)24-18-10-5-6-11-19(18)27-15(2)3/h5-11,13,15,23H,4,12,14H2,1-3H3,(H,22,26)(H,24,25). The summed E-state index contributed by atoms with van der Waals surface area (Å²) in [6.45, 7) is 6.58. The fourth-order valence-electron chi connectivity index (χ4n) is 2.41. The van der Waals surface area contributed by atoms with Crippen LogP contribution in [0, 0.1) is 0 Å². The summed E-state index contributed by atoms with van der Waals surface area (Å²) in [5.41, 5.74) is 1.90. The third-order valence-corrected chi connectivity index (χ3v) is 3.64. The molecule has 0 bridgehead atoms. The Balaban J connectivity index is 1.94. The molecule has 0 atom stereocenters. The highest BCUT2D eigenvalue weighted by Crippen LogP contribution is 2.24. The van der Waals surface area contributed by atoms with Crippen molar-refractivity contribution in [1.29, 1.82) is 0 Å². The highest BCUT2D eigenvalue weighted by molar-refractivity contribution is 5.96. The fourth-order valence-corrected chi connectivity index (χ4v) is 2.41. The first-order valence-corrected chi connectivity index (χ1v) is 9.17. The monoisotopic (exact) mass is 369 g/mol. The number of carbonyl (C=O) groups is 2. The van der Waals surface area contributed by atoms with Crippen LogP contribution in [0.2, 0.25) is 0 Å². The van der Waals surface area contributed by atoms with E-state index in [-0.39, 0.29) is 24.5 Å². The van der Waals surface area contributed by atoms with Crippen molar-refractivity contribution in [2.75, 3.05) is 23.7 Å². The van der Waals surface area contributed by atoms with Gasteiger partial charge in [0.1, 0.15) is 5.75 Å². The Labute approximate surface area is 160 Å². The molecule has 0 aromatic heterocycles. The minimum atomic E-state index is -0.198. The van der Waals surface area contributed by atoms with Gasteiger partial charge in [0, 0.05) is 17.8 Å². The van der Waals surface area contributed by atoms with Crippen LogP contribution < -0.4 is 20.7 Å². The number of rotatable bonds is 9. The summed E-state index contributed by atoms with van der Waals surface area (Å²) in [5.74, 6) is 0.316. The topological polar surface area (TPSA) is 79.5 Å². The second-order valence-electron chi connectivity index (χ2n) is 6.40. The maximum Gasteiger partial charge on any atom is 0.251 e. The van der Waals surface area contributed by atoms with E-state index in [1.54, 1.807) is 24.3 Å². The Morgan fingerprint density at radius 3 is 2.59 bits per heavy atom. The first kappa shape index (κ1) is 20.3. The van der Waals surface area contributed by atoms with Crippen molar-refractivity contribution in [2.45, 2.75) is 33.3 Å². The average Bonchev–Trinajstić information content (AvgIpc) is 2.66. The van der Waals surface area contributed by atoms with E-state index in [9.17, 15) is 9.59 Å². The second kappa shape index (κ2) is 10.2. The van der Waals surface area contributed by atoms with Crippen LogP contribution in [-0.2, 0) is 4.79 Å². The normalized spacial score (nSPS) is 10.4. The van der Waals surface area contributed by atoms with Crippen LogP contribution in [0.3, 0.4) is 0 Å². The molecule has 0 aliphatic heterocycles. The van der Waals surface area contributed by atoms with Gasteiger partial charge in [0.15, 0.2) is 0 Å². The predicted molar refractivity (Wildman–Crippen MR) is 108 cm³/mol. The molecule has 6 nitrogen and oxygen atoms in total. The summed E-state index contributed by atoms with van der Waals surface area (Å²) in [6, 6.07) is 14.4. The number of nitrogens with one attached hydrogen (secondary N) is 3. The van der Waals surface area contributed by atoms with Gasteiger partial charge in [0.2, 0.25) is 5.91 Å². The lowest BCUT2D eigenvalue weighted by Crippen LogP contribution is -2.24. The number of amides is 2. The number of hydrogen-bond acceptors (Lipinski definition) is 4. The van der Waals surface area contributed by atoms with Crippen LogP contribution in [0.15, 0.2) is 48.5 Å². The van der Waals surface area contributed by atoms with Crippen molar-refractivity contribution >= 4 is 23.2 Å². The quantitative estimate of drug-likeness (QED) is 0.630. The molecule has 2 aromatic carbocycles. The number of anilines is 2. The second-order valence-corrected chi connectivity index (χ2v) is 6.40. The fraction of sp³-hybridized carbons (Fsp3) is 0.333. The Morgan fingerprint density at radius 1 is 1.07 bits per heavy atom. The zero-order valence-corrected chi connectivity index (χ0v) is 16.0. The molecule has 6 heteroatoms. The molecule has 0 aliphatic carbocycles. The van der Waals surface area contributed by atoms with Gasteiger partial charge >= 0.3 is 0 Å². The number of benzene rings is 2. The van der Waals surface area contributed by atoms with Gasteiger partial charge in [-0.2, -0.15) is 0 Å². The number of hydrogen-bond donors (Lipinski definition) is 3. The van der Waals surface area contributed by atoms with Crippen molar-refractivity contribution in [3.8, 4) is 5.75 Å². The zero-order valence-electron chi connectivity index (χ0n) is 16.0. The van der Waals surface area contributed by atoms with Crippen LogP contribution in [0.1, 0.15) is 37.6 Å². The van der Waals surface area contributed by atoms with Gasteiger partial charge in [-0.1, -0.05) is 25.1 Å². The molecule has 27 heavy (non-hydrogen) atoms. The van der Waals surface area contributed by atoms with Gasteiger partial charge in [0.25, 0.3) is 5.91 Å². The summed E-state index contributed by atoms with van der Waals surface area (Å²) in [4.78, 5) is 24.3. The first-order chi connectivity index (χ1) is 13.0. The molecule has 0 radical (unpaired) electrons. The Morgan fingerprint density at radius 2 is 1.85 bits per heavy atom. The lowest BCUT2D eigenvalue weighted by molar-refractivity contribution is -0.114. The molecule has 3 N–H and O–H groups in total. The largest absolute Gasteiger partial charge is 0.489 e. The summed E-state index contributed by atoms with van der Waals surface area (Å²) in [7, 11) is 0. The van der Waals surface area contributed by atoms with Crippen molar-refractivity contribution < 1.29 is 14.3 Å². The molecule has 0 spiro atoms. The smallest absolute Gasteiger partial charge is 0.251 e. The third-order valence-electron chi connectivity index (χ3n) is 3.64. The molecule has 144 valence electrons. The molecule has 0 unspecified atom stereocenters. The van der Waals surface area contributed by atoms with Gasteiger partial charge in [0.05, 0.1) is 18.3 Å². The number of carbonyl (C=O) groups excluding carboxylic acids is 2. The maximum atomic E-state index is 12.3. The van der Waals surface area contributed by atoms with E-state index in [0.717, 1.165) is 6.42 Å². The van der Waals surface area contributed by atoms with Crippen molar-refractivity contribution in [2.24, 2.45) is 0 Å². The molecule has 2 aromatic rings. The van der Waals surface area contributed by atoms with E-state index >= 15 is 0 Å². The zero-order chi connectivity index (χ0) is 19.6. The van der Waals surface area contributed by atoms with Gasteiger partial charge in [-0.05, 0) is 50.6 Å². The molecule has 2 amide bonds. The van der Waals surface area contributed by atoms with Crippen LogP contribution in [0.25, 0.3) is 0 Å². The predicted octanol–water partition coefficient (Wildman–Crippen LogP) is 3.66. The van der Waals surface area contributed by atoms with E-state index < -0.39 is 0 Å². The Kier molecular flexibility index (Phi) is 7.67. The van der Waals surface area contributed by atoms with E-state index in [2.05, 4.69) is 16.0 Å². The van der Waals surface area contributed by atoms with Gasteiger partial charge in [-0.15, -0.1) is 0 Å². The molecule has 2 rings (SSSR count). The highest BCUT2D eigenvalue weighted by atomic mass is 16.5. The van der Waals surface area contributed by atoms with Crippen LogP contribution >= 0.6 is 0 Å². The molecule has 0 heterocycles. The lowest BCUT2D eigenvalue weighted by atomic mass is 10.2. The van der Waals surface area contributed by atoms with Gasteiger partial charge in [-0.3, -0.25) is 9.59 Å². The van der Waals surface area contributed by atoms with Gasteiger partial charge in [-0.25, -0.2) is 0 Å². The minimum Gasteiger partial charge on any atom is -0.489 e. The first-order valence-electron chi connectivity index (χ1n) is 9.17. The van der Waals surface area contributed by atoms with Crippen molar-refractivity contribution in [1.82, 2.24) is 5.32 Å². The number of para-hydroxylation sites is 2. The Hall–Kier alpha value is -3.02. The summed E-state index contributed by atoms with van der Waals surface area (Å²) < 4.78 is 5.70. The van der Waals surface area contributed by atoms with E-state index in [4.69, 9.17) is 4.74 Å². The van der Waals surface area contributed by atoms with Crippen molar-refractivity contribution in [3.63, 3.8) is 0 Å². The van der Waals surface area contributed by atoms with Crippen LogP contribution in [0.5, 0.6) is 5.75 Å². The molecular formula is C21H27N3O3. The average molecular weight is 369 g/mol. The summed E-state index contributed by atoms with van der Waals surface area (Å²) in [6.07, 6.45) is 0.897. The van der Waals surface area contributed by atoms with E-state index in [1.165, 1.54) is 0 Å². The molecule has 0 aliphatic rings. The SMILES string of the molecule is CCCNC(=O)c1cccc(NCC(=O)Nc2ccccc2OC(C)C)c1.